The summed E-state index contributed by atoms with van der Waals surface area (Å²) in [5, 5.41) is 5.26. The first-order valence-electron chi connectivity index (χ1n) is 7.41. The minimum absolute atomic E-state index is 0.413. The molecule has 3 rings (SSSR count). The molecule has 0 bridgehead atoms. The van der Waals surface area contributed by atoms with Gasteiger partial charge in [-0.3, -0.25) is 9.48 Å². The van der Waals surface area contributed by atoms with Crippen LogP contribution in [0.4, 0.5) is 0 Å². The molecule has 6 nitrogen and oxygen atoms in total. The Hall–Kier alpha value is -1.95. The minimum atomic E-state index is -0.413. The Labute approximate surface area is 123 Å². The molecule has 1 aliphatic heterocycles. The van der Waals surface area contributed by atoms with Crippen molar-refractivity contribution in [2.75, 3.05) is 19.6 Å². The fourth-order valence-electron chi connectivity index (χ4n) is 3.05. The normalized spacial score (nSPS) is 15.9. The number of aromatic nitrogens is 3. The van der Waals surface area contributed by atoms with E-state index in [1.807, 2.05) is 20.0 Å². The topological polar surface area (TPSA) is 77.0 Å². The Morgan fingerprint density at radius 2 is 2.10 bits per heavy atom. The highest BCUT2D eigenvalue weighted by atomic mass is 16.1. The molecule has 1 saturated heterocycles. The van der Waals surface area contributed by atoms with Gasteiger partial charge in [-0.25, -0.2) is 4.98 Å². The van der Waals surface area contributed by atoms with Crippen LogP contribution in [0.5, 0.6) is 0 Å². The van der Waals surface area contributed by atoms with E-state index in [4.69, 9.17) is 5.73 Å². The molecule has 6 heteroatoms. The number of hydrogen-bond acceptors (Lipinski definition) is 4. The zero-order valence-electron chi connectivity index (χ0n) is 12.6. The largest absolute Gasteiger partial charge is 0.366 e. The second-order valence-corrected chi connectivity index (χ2v) is 5.73. The number of likely N-dealkylation sites (tertiary alicyclic amines) is 1. The predicted molar refractivity (Wildman–Crippen MR) is 81.1 cm³/mol. The lowest BCUT2D eigenvalue weighted by Gasteiger charge is -2.15. The summed E-state index contributed by atoms with van der Waals surface area (Å²) >= 11 is 0. The summed E-state index contributed by atoms with van der Waals surface area (Å²) in [5.74, 6) is -0.413. The monoisotopic (exact) mass is 287 g/mol. The van der Waals surface area contributed by atoms with Gasteiger partial charge in [0.25, 0.3) is 5.91 Å². The average Bonchev–Trinajstić information content (AvgIpc) is 3.05. The molecule has 0 aromatic carbocycles. The first-order chi connectivity index (χ1) is 10.1. The van der Waals surface area contributed by atoms with E-state index in [9.17, 15) is 4.79 Å². The van der Waals surface area contributed by atoms with Gasteiger partial charge in [0, 0.05) is 25.4 Å². The van der Waals surface area contributed by atoms with E-state index < -0.39 is 5.91 Å². The highest BCUT2D eigenvalue weighted by molar-refractivity contribution is 5.97. The summed E-state index contributed by atoms with van der Waals surface area (Å²) in [4.78, 5) is 18.8. The van der Waals surface area contributed by atoms with Crippen molar-refractivity contribution in [1.82, 2.24) is 19.7 Å². The zero-order chi connectivity index (χ0) is 15.0. The molecule has 2 aromatic rings. The van der Waals surface area contributed by atoms with Crippen LogP contribution in [0.15, 0.2) is 6.07 Å². The van der Waals surface area contributed by atoms with Crippen LogP contribution >= 0.6 is 0 Å². The Morgan fingerprint density at radius 3 is 2.76 bits per heavy atom. The summed E-state index contributed by atoms with van der Waals surface area (Å²) < 4.78 is 1.76. The van der Waals surface area contributed by atoms with Gasteiger partial charge in [0.15, 0.2) is 5.65 Å². The Kier molecular flexibility index (Phi) is 3.63. The average molecular weight is 287 g/mol. The van der Waals surface area contributed by atoms with Crippen LogP contribution in [-0.4, -0.2) is 45.2 Å². The lowest BCUT2D eigenvalue weighted by Crippen LogP contribution is -2.24. The summed E-state index contributed by atoms with van der Waals surface area (Å²) in [6.07, 6.45) is 3.27. The quantitative estimate of drug-likeness (QED) is 0.910. The van der Waals surface area contributed by atoms with Crippen LogP contribution in [-0.2, 0) is 13.5 Å². The molecule has 2 N–H and O–H groups in total. The van der Waals surface area contributed by atoms with Crippen molar-refractivity contribution >= 4 is 16.9 Å². The van der Waals surface area contributed by atoms with Gasteiger partial charge in [-0.2, -0.15) is 5.10 Å². The van der Waals surface area contributed by atoms with Crippen molar-refractivity contribution in [2.24, 2.45) is 12.8 Å². The lowest BCUT2D eigenvalue weighted by molar-refractivity contribution is 0.0999. The van der Waals surface area contributed by atoms with Crippen LogP contribution in [0.1, 0.15) is 34.6 Å². The Bertz CT molecular complexity index is 685. The molecular weight excluding hydrogens is 266 g/mol. The van der Waals surface area contributed by atoms with Crippen molar-refractivity contribution < 1.29 is 4.79 Å². The van der Waals surface area contributed by atoms with E-state index in [1.54, 1.807) is 4.68 Å². The Morgan fingerprint density at radius 1 is 1.38 bits per heavy atom. The number of primary amides is 1. The number of fused-ring (bicyclic) bond motifs is 1. The number of pyridine rings is 1. The summed E-state index contributed by atoms with van der Waals surface area (Å²) in [5.41, 5.74) is 8.52. The van der Waals surface area contributed by atoms with E-state index in [0.29, 0.717) is 5.56 Å². The second-order valence-electron chi connectivity index (χ2n) is 5.73. The fraction of sp³-hybridized carbons (Fsp3) is 0.533. The lowest BCUT2D eigenvalue weighted by atomic mass is 10.1. The maximum atomic E-state index is 11.7. The van der Waals surface area contributed by atoms with Crippen LogP contribution < -0.4 is 5.73 Å². The third kappa shape index (κ3) is 2.63. The number of carbonyl (C=O) groups excluding carboxylic acids is 1. The van der Waals surface area contributed by atoms with Crippen molar-refractivity contribution in [1.29, 1.82) is 0 Å². The second kappa shape index (κ2) is 5.44. The highest BCUT2D eigenvalue weighted by Crippen LogP contribution is 2.20. The maximum Gasteiger partial charge on any atom is 0.250 e. The molecule has 3 heterocycles. The summed E-state index contributed by atoms with van der Waals surface area (Å²) in [6.45, 7) is 5.12. The summed E-state index contributed by atoms with van der Waals surface area (Å²) in [6, 6.07) is 1.84. The van der Waals surface area contributed by atoms with Crippen LogP contribution in [0.3, 0.4) is 0 Å². The van der Waals surface area contributed by atoms with Crippen molar-refractivity contribution in [3.8, 4) is 0 Å². The van der Waals surface area contributed by atoms with Gasteiger partial charge in [-0.1, -0.05) is 0 Å². The molecule has 2 aromatic heterocycles. The number of amides is 1. The molecule has 0 aliphatic carbocycles. The van der Waals surface area contributed by atoms with Gasteiger partial charge in [0.2, 0.25) is 0 Å². The molecule has 0 radical (unpaired) electrons. The van der Waals surface area contributed by atoms with E-state index in [-0.39, 0.29) is 0 Å². The molecule has 0 unspecified atom stereocenters. The molecule has 1 amide bonds. The number of nitrogens with two attached hydrogens (primary N) is 1. The van der Waals surface area contributed by atoms with Crippen LogP contribution in [0.2, 0.25) is 0 Å². The van der Waals surface area contributed by atoms with Crippen LogP contribution in [0, 0.1) is 6.92 Å². The van der Waals surface area contributed by atoms with Crippen molar-refractivity contribution in [3.63, 3.8) is 0 Å². The van der Waals surface area contributed by atoms with E-state index in [2.05, 4.69) is 15.0 Å². The van der Waals surface area contributed by atoms with E-state index >= 15 is 0 Å². The molecule has 0 spiro atoms. The molecule has 0 atom stereocenters. The third-order valence-corrected chi connectivity index (χ3v) is 4.21. The van der Waals surface area contributed by atoms with E-state index in [0.717, 1.165) is 48.5 Å². The predicted octanol–water partition coefficient (Wildman–Crippen LogP) is 1.01. The molecule has 0 saturated carbocycles. The standard InChI is InChI=1S/C15H21N5O/c1-10-11-9-12(14(16)21)13(17-15(11)19(2)18-10)5-8-20-6-3-4-7-20/h9H,3-8H2,1-2H3,(H2,16,21). The summed E-state index contributed by atoms with van der Waals surface area (Å²) in [7, 11) is 1.87. The van der Waals surface area contributed by atoms with E-state index in [1.165, 1.54) is 12.8 Å². The van der Waals surface area contributed by atoms with Gasteiger partial charge in [0.1, 0.15) is 0 Å². The maximum absolute atomic E-state index is 11.7. The minimum Gasteiger partial charge on any atom is -0.366 e. The number of carbonyl (C=O) groups is 1. The first-order valence-corrected chi connectivity index (χ1v) is 7.41. The van der Waals surface area contributed by atoms with Crippen LogP contribution in [0.25, 0.3) is 11.0 Å². The molecule has 1 fully saturated rings. The molecule has 1 aliphatic rings. The zero-order valence-corrected chi connectivity index (χ0v) is 12.6. The van der Waals surface area contributed by atoms with Gasteiger partial charge in [0.05, 0.1) is 17.0 Å². The van der Waals surface area contributed by atoms with Gasteiger partial charge < -0.3 is 10.6 Å². The van der Waals surface area contributed by atoms with Gasteiger partial charge in [-0.15, -0.1) is 0 Å². The molecular formula is C15H21N5O. The fourth-order valence-corrected chi connectivity index (χ4v) is 3.05. The third-order valence-electron chi connectivity index (χ3n) is 4.21. The van der Waals surface area contributed by atoms with Crippen molar-refractivity contribution in [3.05, 3.63) is 23.0 Å². The number of aryl methyl sites for hydroxylation is 2. The SMILES string of the molecule is Cc1nn(C)c2nc(CCN3CCCC3)c(C(N)=O)cc12. The Balaban J connectivity index is 1.96. The van der Waals surface area contributed by atoms with Gasteiger partial charge >= 0.3 is 0 Å². The molecule has 21 heavy (non-hydrogen) atoms. The van der Waals surface area contributed by atoms with Crippen molar-refractivity contribution in [2.45, 2.75) is 26.2 Å². The number of rotatable bonds is 4. The van der Waals surface area contributed by atoms with Gasteiger partial charge in [-0.05, 0) is 38.9 Å². The first kappa shape index (κ1) is 14.0. The smallest absolute Gasteiger partial charge is 0.250 e. The number of hydrogen-bond donors (Lipinski definition) is 1. The number of nitrogens with zero attached hydrogens (tertiary/aromatic N) is 4. The highest BCUT2D eigenvalue weighted by Gasteiger charge is 2.17. The molecule has 112 valence electrons.